The molecule has 0 aromatic heterocycles. The number of hydrogen-bond donors (Lipinski definition) is 2. The fourth-order valence-corrected chi connectivity index (χ4v) is 10.1. The normalized spacial score (nSPS) is 11.1. The predicted molar refractivity (Wildman–Crippen MR) is 161 cm³/mol. The molecular weight excluding hydrogens is 496 g/mol. The second-order valence-corrected chi connectivity index (χ2v) is 13.2. The maximum absolute atomic E-state index is 9.88. The van der Waals surface area contributed by atoms with Crippen LogP contribution in [-0.4, -0.2) is 18.3 Å². The summed E-state index contributed by atoms with van der Waals surface area (Å²) in [4.78, 5) is 0. The first-order valence-corrected chi connectivity index (χ1v) is 14.9. The Kier molecular flexibility index (Phi) is 8.05. The molecule has 4 heteroatoms. The first-order valence-electron chi connectivity index (χ1n) is 12.9. The van der Waals surface area contributed by atoms with Crippen LogP contribution in [0.2, 0.25) is 0 Å². The van der Waals surface area contributed by atoms with E-state index < -0.39 is 8.07 Å². The molecular formula is C35H30O3Si. The van der Waals surface area contributed by atoms with E-state index in [1.807, 2.05) is 0 Å². The lowest BCUT2D eigenvalue weighted by Crippen LogP contribution is -2.74. The minimum atomic E-state index is -2.58. The zero-order valence-corrected chi connectivity index (χ0v) is 22.6. The highest BCUT2D eigenvalue weighted by atomic mass is 28.3. The monoisotopic (exact) mass is 526 g/mol. The van der Waals surface area contributed by atoms with E-state index in [1.165, 1.54) is 20.7 Å². The van der Waals surface area contributed by atoms with E-state index in [0.29, 0.717) is 29.0 Å². The Morgan fingerprint density at radius 3 is 1.38 bits per heavy atom. The molecule has 5 aromatic rings. The first-order chi connectivity index (χ1) is 19.2. The van der Waals surface area contributed by atoms with Gasteiger partial charge in [0.2, 0.25) is 0 Å². The second-order valence-electron chi connectivity index (χ2n) is 9.42. The highest BCUT2D eigenvalue weighted by Crippen LogP contribution is 2.27. The molecule has 2 N–H and O–H groups in total. The molecule has 0 radical (unpaired) electrons. The zero-order chi connectivity index (χ0) is 27.1. The van der Waals surface area contributed by atoms with Crippen molar-refractivity contribution in [2.45, 2.75) is 19.8 Å². The molecule has 0 aliphatic carbocycles. The highest BCUT2D eigenvalue weighted by molar-refractivity contribution is 7.19. The summed E-state index contributed by atoms with van der Waals surface area (Å²) in [5.74, 6) is 3.04. The summed E-state index contributed by atoms with van der Waals surface area (Å²) in [7, 11) is -2.58. The van der Waals surface area contributed by atoms with Crippen LogP contribution in [0.25, 0.3) is 0 Å². The molecule has 0 fully saturated rings. The first kappa shape index (κ1) is 26.2. The summed E-state index contributed by atoms with van der Waals surface area (Å²) in [5, 5.41) is 25.0. The third kappa shape index (κ3) is 5.16. The van der Waals surface area contributed by atoms with Gasteiger partial charge in [0, 0.05) is 16.7 Å². The predicted octanol–water partition coefficient (Wildman–Crippen LogP) is 3.61. The minimum absolute atomic E-state index is 0.226. The van der Waals surface area contributed by atoms with E-state index >= 15 is 0 Å². The molecule has 0 aliphatic rings. The molecule has 0 aliphatic heterocycles. The number of hydrogen-bond acceptors (Lipinski definition) is 3. The molecule has 0 unspecified atom stereocenters. The van der Waals surface area contributed by atoms with Crippen molar-refractivity contribution in [1.29, 1.82) is 0 Å². The number of benzene rings is 5. The van der Waals surface area contributed by atoms with Gasteiger partial charge in [-0.25, -0.2) is 0 Å². The van der Waals surface area contributed by atoms with Crippen molar-refractivity contribution in [3.05, 3.63) is 150 Å². The summed E-state index contributed by atoms with van der Waals surface area (Å²) in [6, 6.07) is 44.5. The van der Waals surface area contributed by atoms with Gasteiger partial charge in [0.1, 0.15) is 12.4 Å². The van der Waals surface area contributed by atoms with Crippen LogP contribution in [0, 0.1) is 12.3 Å². The van der Waals surface area contributed by atoms with Crippen molar-refractivity contribution in [3.8, 4) is 18.1 Å². The fourth-order valence-electron chi connectivity index (χ4n) is 5.33. The van der Waals surface area contributed by atoms with Crippen molar-refractivity contribution in [2.75, 3.05) is 0 Å². The number of aliphatic hydroxyl groups is 2. The Labute approximate surface area is 231 Å². The molecule has 0 amide bonds. The summed E-state index contributed by atoms with van der Waals surface area (Å²) >= 11 is 0. The number of terminal acetylenes is 1. The summed E-state index contributed by atoms with van der Waals surface area (Å²) in [6.07, 6.45) is 5.54. The number of aliphatic hydroxyl groups excluding tert-OH is 2. The van der Waals surface area contributed by atoms with Crippen molar-refractivity contribution in [3.63, 3.8) is 0 Å². The van der Waals surface area contributed by atoms with Gasteiger partial charge in [-0.15, -0.1) is 6.42 Å². The molecule has 3 nitrogen and oxygen atoms in total. The van der Waals surface area contributed by atoms with Gasteiger partial charge in [0.15, 0.2) is 8.07 Å². The smallest absolute Gasteiger partial charge is 0.179 e. The molecule has 0 spiro atoms. The Morgan fingerprint density at radius 2 is 1.00 bits per heavy atom. The van der Waals surface area contributed by atoms with Crippen molar-refractivity contribution in [1.82, 2.24) is 0 Å². The van der Waals surface area contributed by atoms with Gasteiger partial charge >= 0.3 is 0 Å². The van der Waals surface area contributed by atoms with E-state index in [0.717, 1.165) is 5.56 Å². The largest absolute Gasteiger partial charge is 0.488 e. The molecule has 0 saturated carbocycles. The SMILES string of the molecule is C#Cc1cc(CO)c(OCc2ccc([Si](c3ccccc3)(c3ccccc3)c3ccccc3)cc2)c(CO)c1. The molecule has 39 heavy (non-hydrogen) atoms. The fraction of sp³-hybridized carbons (Fsp3) is 0.0857. The van der Waals surface area contributed by atoms with Gasteiger partial charge in [-0.05, 0) is 38.4 Å². The molecule has 0 atom stereocenters. The zero-order valence-electron chi connectivity index (χ0n) is 21.6. The average molecular weight is 527 g/mol. The van der Waals surface area contributed by atoms with E-state index in [2.05, 4.69) is 121 Å². The van der Waals surface area contributed by atoms with E-state index in [4.69, 9.17) is 11.2 Å². The van der Waals surface area contributed by atoms with Gasteiger partial charge in [-0.2, -0.15) is 0 Å². The Balaban J connectivity index is 1.56. The second kappa shape index (κ2) is 12.0. The van der Waals surface area contributed by atoms with E-state index in [-0.39, 0.29) is 13.2 Å². The van der Waals surface area contributed by atoms with E-state index in [1.54, 1.807) is 12.1 Å². The third-order valence-corrected chi connectivity index (χ3v) is 11.9. The van der Waals surface area contributed by atoms with Crippen LogP contribution in [0.5, 0.6) is 5.75 Å². The maximum atomic E-state index is 9.88. The highest BCUT2D eigenvalue weighted by Gasteiger charge is 2.41. The van der Waals surface area contributed by atoms with E-state index in [9.17, 15) is 10.2 Å². The molecule has 0 heterocycles. The lowest BCUT2D eigenvalue weighted by molar-refractivity contribution is 0.242. The van der Waals surface area contributed by atoms with Crippen LogP contribution >= 0.6 is 0 Å². The average Bonchev–Trinajstić information content (AvgIpc) is 3.02. The van der Waals surface area contributed by atoms with Crippen LogP contribution in [0.4, 0.5) is 0 Å². The number of rotatable bonds is 9. The molecule has 0 saturated heterocycles. The Morgan fingerprint density at radius 1 is 0.590 bits per heavy atom. The lowest BCUT2D eigenvalue weighted by atomic mass is 10.0. The third-order valence-electron chi connectivity index (χ3n) is 7.14. The van der Waals surface area contributed by atoms with Crippen LogP contribution in [0.1, 0.15) is 22.3 Å². The molecule has 0 bridgehead atoms. The van der Waals surface area contributed by atoms with Gasteiger partial charge in [0.05, 0.1) is 13.2 Å². The van der Waals surface area contributed by atoms with Crippen molar-refractivity contribution >= 4 is 28.8 Å². The lowest BCUT2D eigenvalue weighted by Gasteiger charge is -2.34. The van der Waals surface area contributed by atoms with Gasteiger partial charge < -0.3 is 14.9 Å². The summed E-state index contributed by atoms with van der Waals surface area (Å²) in [6.45, 7) is -0.154. The summed E-state index contributed by atoms with van der Waals surface area (Å²) in [5.41, 5.74) is 2.72. The standard InChI is InChI=1S/C35H30O3Si/c1-2-27-22-29(24-36)35(30(23-27)25-37)38-26-28-18-20-34(21-19-28)39(31-12-6-3-7-13-31,32-14-8-4-9-15-32)33-16-10-5-11-17-33/h1,3-23,36-37H,24-26H2. The van der Waals surface area contributed by atoms with Crippen LogP contribution in [-0.2, 0) is 19.8 Å². The van der Waals surface area contributed by atoms with Gasteiger partial charge in [-0.1, -0.05) is 121 Å². The molecule has 5 aromatic carbocycles. The van der Waals surface area contributed by atoms with Crippen molar-refractivity contribution < 1.29 is 14.9 Å². The van der Waals surface area contributed by atoms with Crippen molar-refractivity contribution in [2.24, 2.45) is 0 Å². The van der Waals surface area contributed by atoms with Crippen LogP contribution < -0.4 is 25.5 Å². The summed E-state index contributed by atoms with van der Waals surface area (Å²) < 4.78 is 6.14. The van der Waals surface area contributed by atoms with Crippen LogP contribution in [0.3, 0.4) is 0 Å². The number of ether oxygens (including phenoxy) is 1. The molecule has 5 rings (SSSR count). The topological polar surface area (TPSA) is 49.7 Å². The Bertz CT molecular complexity index is 1440. The van der Waals surface area contributed by atoms with Gasteiger partial charge in [0.25, 0.3) is 0 Å². The van der Waals surface area contributed by atoms with Crippen LogP contribution in [0.15, 0.2) is 127 Å². The maximum Gasteiger partial charge on any atom is 0.179 e. The van der Waals surface area contributed by atoms with Gasteiger partial charge in [-0.3, -0.25) is 0 Å². The quantitative estimate of drug-likeness (QED) is 0.175. The minimum Gasteiger partial charge on any atom is -0.488 e. The Hall–Kier alpha value is -4.40. The molecule has 192 valence electrons.